The standard InChI is InChI=1S/C13H14BrClN2O2S/c1-13(2,8-16)17(10-4-5-10)20(18,19)12-6-3-9(14)7-11(12)15/h3,6-7,10H,4-5H2,1-2H3. The van der Waals surface area contributed by atoms with E-state index in [0.29, 0.717) is 4.47 Å². The SMILES string of the molecule is CC(C)(C#N)N(C1CC1)S(=O)(=O)c1ccc(Br)cc1Cl. The average molecular weight is 378 g/mol. The quantitative estimate of drug-likeness (QED) is 0.806. The molecule has 0 spiro atoms. The number of nitrogens with zero attached hydrogens (tertiary/aromatic N) is 2. The molecular weight excluding hydrogens is 364 g/mol. The van der Waals surface area contributed by atoms with E-state index in [2.05, 4.69) is 22.0 Å². The van der Waals surface area contributed by atoms with E-state index in [4.69, 9.17) is 11.6 Å². The van der Waals surface area contributed by atoms with Crippen LogP contribution in [0.4, 0.5) is 0 Å². The lowest BCUT2D eigenvalue weighted by atomic mass is 10.1. The summed E-state index contributed by atoms with van der Waals surface area (Å²) in [7, 11) is -3.80. The summed E-state index contributed by atoms with van der Waals surface area (Å²) in [6.07, 6.45) is 1.55. The molecule has 0 saturated heterocycles. The van der Waals surface area contributed by atoms with Crippen LogP contribution in [0.5, 0.6) is 0 Å². The normalized spacial score (nSPS) is 16.2. The fraction of sp³-hybridized carbons (Fsp3) is 0.462. The minimum atomic E-state index is -3.80. The molecule has 0 unspecified atom stereocenters. The zero-order valence-corrected chi connectivity index (χ0v) is 14.3. The van der Waals surface area contributed by atoms with Gasteiger partial charge in [0.1, 0.15) is 10.4 Å². The lowest BCUT2D eigenvalue weighted by molar-refractivity contribution is 0.280. The van der Waals surface area contributed by atoms with Crippen molar-refractivity contribution in [1.82, 2.24) is 4.31 Å². The van der Waals surface area contributed by atoms with Gasteiger partial charge >= 0.3 is 0 Å². The molecule has 2 rings (SSSR count). The molecule has 1 aromatic rings. The van der Waals surface area contributed by atoms with Crippen molar-refractivity contribution in [3.8, 4) is 6.07 Å². The Morgan fingerprint density at radius 2 is 2.05 bits per heavy atom. The minimum Gasteiger partial charge on any atom is -0.207 e. The first kappa shape index (κ1) is 15.8. The molecule has 0 N–H and O–H groups in total. The van der Waals surface area contributed by atoms with Crippen molar-refractivity contribution in [1.29, 1.82) is 5.26 Å². The van der Waals surface area contributed by atoms with E-state index in [-0.39, 0.29) is 16.0 Å². The highest BCUT2D eigenvalue weighted by Gasteiger charge is 2.47. The van der Waals surface area contributed by atoms with Crippen LogP contribution < -0.4 is 0 Å². The molecule has 0 heterocycles. The Morgan fingerprint density at radius 1 is 1.45 bits per heavy atom. The molecule has 1 aromatic carbocycles. The Kier molecular flexibility index (Phi) is 4.18. The number of benzene rings is 1. The summed E-state index contributed by atoms with van der Waals surface area (Å²) in [6.45, 7) is 3.21. The van der Waals surface area contributed by atoms with Crippen molar-refractivity contribution in [2.75, 3.05) is 0 Å². The van der Waals surface area contributed by atoms with Crippen molar-refractivity contribution in [3.63, 3.8) is 0 Å². The molecule has 1 aliphatic rings. The molecule has 4 nitrogen and oxygen atoms in total. The second-order valence-corrected chi connectivity index (χ2v) is 8.38. The van der Waals surface area contributed by atoms with E-state index in [9.17, 15) is 13.7 Å². The van der Waals surface area contributed by atoms with Gasteiger partial charge in [0.05, 0.1) is 11.1 Å². The third kappa shape index (κ3) is 2.86. The molecule has 0 bridgehead atoms. The van der Waals surface area contributed by atoms with E-state index < -0.39 is 15.6 Å². The first-order valence-corrected chi connectivity index (χ1v) is 8.72. The predicted octanol–water partition coefficient (Wildman–Crippen LogP) is 3.56. The van der Waals surface area contributed by atoms with Gasteiger partial charge < -0.3 is 0 Å². The van der Waals surface area contributed by atoms with E-state index in [0.717, 1.165) is 12.8 Å². The maximum atomic E-state index is 12.8. The number of hydrogen-bond donors (Lipinski definition) is 0. The summed E-state index contributed by atoms with van der Waals surface area (Å²) in [5.74, 6) is 0. The first-order chi connectivity index (χ1) is 9.20. The Labute approximate surface area is 132 Å². The van der Waals surface area contributed by atoms with Gasteiger partial charge in [0.15, 0.2) is 0 Å². The van der Waals surface area contributed by atoms with Crippen LogP contribution in [0.2, 0.25) is 5.02 Å². The van der Waals surface area contributed by atoms with E-state index >= 15 is 0 Å². The molecule has 1 saturated carbocycles. The zero-order chi connectivity index (χ0) is 15.1. The molecule has 0 aromatic heterocycles. The van der Waals surface area contributed by atoms with Gasteiger partial charge in [0.25, 0.3) is 0 Å². The van der Waals surface area contributed by atoms with Crippen molar-refractivity contribution in [3.05, 3.63) is 27.7 Å². The first-order valence-electron chi connectivity index (χ1n) is 6.11. The van der Waals surface area contributed by atoms with Crippen LogP contribution in [-0.2, 0) is 10.0 Å². The van der Waals surface area contributed by atoms with E-state index in [1.54, 1.807) is 26.0 Å². The van der Waals surface area contributed by atoms with Gasteiger partial charge in [-0.15, -0.1) is 0 Å². The lowest BCUT2D eigenvalue weighted by Gasteiger charge is -2.32. The van der Waals surface area contributed by atoms with Gasteiger partial charge in [0, 0.05) is 10.5 Å². The summed E-state index contributed by atoms with van der Waals surface area (Å²) >= 11 is 9.31. The van der Waals surface area contributed by atoms with Gasteiger partial charge in [-0.3, -0.25) is 0 Å². The van der Waals surface area contributed by atoms with Gasteiger partial charge in [-0.05, 0) is 44.9 Å². The Hall–Kier alpha value is -0.610. The molecule has 0 radical (unpaired) electrons. The maximum Gasteiger partial charge on any atom is 0.246 e. The predicted molar refractivity (Wildman–Crippen MR) is 80.9 cm³/mol. The Morgan fingerprint density at radius 3 is 2.50 bits per heavy atom. The van der Waals surface area contributed by atoms with Crippen LogP contribution in [0.25, 0.3) is 0 Å². The third-order valence-electron chi connectivity index (χ3n) is 3.13. The molecule has 108 valence electrons. The van der Waals surface area contributed by atoms with Gasteiger partial charge in [-0.1, -0.05) is 27.5 Å². The van der Waals surface area contributed by atoms with Gasteiger partial charge in [-0.25, -0.2) is 8.42 Å². The van der Waals surface area contributed by atoms with Crippen LogP contribution in [-0.4, -0.2) is 24.3 Å². The largest absolute Gasteiger partial charge is 0.246 e. The van der Waals surface area contributed by atoms with Crippen LogP contribution >= 0.6 is 27.5 Å². The Balaban J connectivity index is 2.55. The second kappa shape index (κ2) is 5.30. The van der Waals surface area contributed by atoms with E-state index in [1.165, 1.54) is 10.4 Å². The molecule has 1 aliphatic carbocycles. The summed E-state index contributed by atoms with van der Waals surface area (Å²) in [4.78, 5) is 0.0394. The smallest absolute Gasteiger partial charge is 0.207 e. The highest BCUT2D eigenvalue weighted by molar-refractivity contribution is 9.10. The number of hydrogen-bond acceptors (Lipinski definition) is 3. The lowest BCUT2D eigenvalue weighted by Crippen LogP contribution is -2.48. The highest BCUT2D eigenvalue weighted by atomic mass is 79.9. The number of rotatable bonds is 4. The summed E-state index contributed by atoms with van der Waals surface area (Å²) in [5, 5.41) is 9.42. The molecule has 1 fully saturated rings. The molecule has 0 aliphatic heterocycles. The summed E-state index contributed by atoms with van der Waals surface area (Å²) in [6, 6.07) is 6.58. The monoisotopic (exact) mass is 376 g/mol. The number of nitriles is 1. The molecule has 20 heavy (non-hydrogen) atoms. The van der Waals surface area contributed by atoms with Gasteiger partial charge in [-0.2, -0.15) is 9.57 Å². The summed E-state index contributed by atoms with van der Waals surface area (Å²) in [5.41, 5.74) is -1.10. The minimum absolute atomic E-state index is 0.0394. The summed E-state index contributed by atoms with van der Waals surface area (Å²) < 4.78 is 27.6. The van der Waals surface area contributed by atoms with Crippen LogP contribution in [0.1, 0.15) is 26.7 Å². The van der Waals surface area contributed by atoms with Crippen molar-refractivity contribution in [2.24, 2.45) is 0 Å². The maximum absolute atomic E-state index is 12.8. The second-order valence-electron chi connectivity index (χ2n) is 5.28. The zero-order valence-electron chi connectivity index (χ0n) is 11.1. The molecule has 0 amide bonds. The van der Waals surface area contributed by atoms with Crippen molar-refractivity contribution < 1.29 is 8.42 Å². The number of halogens is 2. The van der Waals surface area contributed by atoms with Crippen molar-refractivity contribution >= 4 is 37.6 Å². The fourth-order valence-electron chi connectivity index (χ4n) is 2.10. The number of sulfonamides is 1. The Bertz CT molecular complexity index is 678. The molecule has 0 atom stereocenters. The fourth-order valence-corrected chi connectivity index (χ4v) is 5.07. The molecular formula is C13H14BrClN2O2S. The van der Waals surface area contributed by atoms with Crippen LogP contribution in [0.15, 0.2) is 27.6 Å². The van der Waals surface area contributed by atoms with Crippen molar-refractivity contribution in [2.45, 2.75) is 43.2 Å². The highest BCUT2D eigenvalue weighted by Crippen LogP contribution is 2.39. The van der Waals surface area contributed by atoms with Gasteiger partial charge in [0.2, 0.25) is 10.0 Å². The van der Waals surface area contributed by atoms with E-state index in [1.807, 2.05) is 0 Å². The average Bonchev–Trinajstić information content (AvgIpc) is 3.12. The van der Waals surface area contributed by atoms with Crippen LogP contribution in [0.3, 0.4) is 0 Å². The topological polar surface area (TPSA) is 61.2 Å². The van der Waals surface area contributed by atoms with Crippen LogP contribution in [0, 0.1) is 11.3 Å². The molecule has 7 heteroatoms. The third-order valence-corrected chi connectivity index (χ3v) is 6.24.